The lowest BCUT2D eigenvalue weighted by Crippen LogP contribution is -2.46. The maximum Gasteiger partial charge on any atom is 0.226 e. The summed E-state index contributed by atoms with van der Waals surface area (Å²) in [5.41, 5.74) is 0. The molecule has 6 heteroatoms. The quantitative estimate of drug-likeness (QED) is 0.593. The van der Waals surface area contributed by atoms with Gasteiger partial charge in [0.1, 0.15) is 11.0 Å². The molecule has 0 bridgehead atoms. The number of carbonyl (C=O) groups is 1. The Kier molecular flexibility index (Phi) is 2.36. The zero-order chi connectivity index (χ0) is 10.2. The third-order valence-corrected chi connectivity index (χ3v) is 5.36. The summed E-state index contributed by atoms with van der Waals surface area (Å²) in [4.78, 5) is 10.7. The number of carbonyl (C=O) groups excluding carboxylic acids is 1. The molecule has 0 unspecified atom stereocenters. The standard InChI is InChI=1S/C8H13NO4S/c10-7-8(1-2-8)14(11,12)9-3-5-13-6-4-9/h7H,1-6H2. The van der Waals surface area contributed by atoms with Gasteiger partial charge in [-0.3, -0.25) is 0 Å². The minimum absolute atomic E-state index is 0.373. The van der Waals surface area contributed by atoms with Crippen LogP contribution in [0.4, 0.5) is 0 Å². The highest BCUT2D eigenvalue weighted by atomic mass is 32.2. The van der Waals surface area contributed by atoms with Crippen molar-refractivity contribution in [2.45, 2.75) is 17.6 Å². The molecule has 1 aliphatic carbocycles. The Morgan fingerprint density at radius 1 is 1.21 bits per heavy atom. The predicted octanol–water partition coefficient (Wildman–Crippen LogP) is -0.620. The first-order valence-electron chi connectivity index (χ1n) is 4.66. The van der Waals surface area contributed by atoms with E-state index in [0.29, 0.717) is 45.4 Å². The monoisotopic (exact) mass is 219 g/mol. The van der Waals surface area contributed by atoms with Crippen LogP contribution in [0.5, 0.6) is 0 Å². The van der Waals surface area contributed by atoms with Gasteiger partial charge in [-0.25, -0.2) is 8.42 Å². The third-order valence-electron chi connectivity index (χ3n) is 2.78. The molecule has 0 aromatic rings. The van der Waals surface area contributed by atoms with Gasteiger partial charge < -0.3 is 9.53 Å². The fraction of sp³-hybridized carbons (Fsp3) is 0.875. The van der Waals surface area contributed by atoms with Gasteiger partial charge in [0.05, 0.1) is 13.2 Å². The molecule has 1 saturated heterocycles. The Hall–Kier alpha value is -0.460. The minimum Gasteiger partial charge on any atom is -0.379 e. The molecular weight excluding hydrogens is 206 g/mol. The topological polar surface area (TPSA) is 63.7 Å². The van der Waals surface area contributed by atoms with E-state index in [4.69, 9.17) is 4.74 Å². The van der Waals surface area contributed by atoms with Crippen molar-refractivity contribution in [1.29, 1.82) is 0 Å². The van der Waals surface area contributed by atoms with Crippen LogP contribution in [-0.2, 0) is 19.6 Å². The van der Waals surface area contributed by atoms with Gasteiger partial charge in [-0.05, 0) is 12.8 Å². The summed E-state index contributed by atoms with van der Waals surface area (Å²) in [5, 5.41) is 0. The zero-order valence-corrected chi connectivity index (χ0v) is 8.62. The van der Waals surface area contributed by atoms with Crippen molar-refractivity contribution in [3.8, 4) is 0 Å². The Balaban J connectivity index is 2.19. The van der Waals surface area contributed by atoms with E-state index >= 15 is 0 Å². The van der Waals surface area contributed by atoms with Crippen LogP contribution in [0.15, 0.2) is 0 Å². The first-order chi connectivity index (χ1) is 6.62. The van der Waals surface area contributed by atoms with Gasteiger partial charge in [-0.1, -0.05) is 0 Å². The smallest absolute Gasteiger partial charge is 0.226 e. The second kappa shape index (κ2) is 3.29. The van der Waals surface area contributed by atoms with Crippen LogP contribution < -0.4 is 0 Å². The lowest BCUT2D eigenvalue weighted by molar-refractivity contribution is -0.108. The first kappa shape index (κ1) is 10.1. The molecule has 80 valence electrons. The van der Waals surface area contributed by atoms with Crippen molar-refractivity contribution in [1.82, 2.24) is 4.31 Å². The molecule has 1 heterocycles. The van der Waals surface area contributed by atoms with E-state index in [1.165, 1.54) is 4.31 Å². The molecule has 1 aliphatic heterocycles. The second-order valence-electron chi connectivity index (χ2n) is 3.70. The molecule has 0 aromatic heterocycles. The number of morpholine rings is 1. The van der Waals surface area contributed by atoms with Gasteiger partial charge in [0.25, 0.3) is 0 Å². The lowest BCUT2D eigenvalue weighted by atomic mass is 10.5. The van der Waals surface area contributed by atoms with Crippen molar-refractivity contribution in [3.63, 3.8) is 0 Å². The Labute approximate surface area is 83.1 Å². The highest BCUT2D eigenvalue weighted by Gasteiger charge is 2.57. The third kappa shape index (κ3) is 1.37. The summed E-state index contributed by atoms with van der Waals surface area (Å²) >= 11 is 0. The largest absolute Gasteiger partial charge is 0.379 e. The summed E-state index contributed by atoms with van der Waals surface area (Å²) in [6.45, 7) is 1.60. The minimum atomic E-state index is -3.42. The molecular formula is C8H13NO4S. The van der Waals surface area contributed by atoms with Gasteiger partial charge >= 0.3 is 0 Å². The highest BCUT2D eigenvalue weighted by molar-refractivity contribution is 7.91. The van der Waals surface area contributed by atoms with E-state index in [1.807, 2.05) is 0 Å². The van der Waals surface area contributed by atoms with E-state index < -0.39 is 14.8 Å². The van der Waals surface area contributed by atoms with Gasteiger partial charge in [0.2, 0.25) is 10.0 Å². The normalized spacial score (nSPS) is 27.1. The molecule has 14 heavy (non-hydrogen) atoms. The molecule has 0 aromatic carbocycles. The second-order valence-corrected chi connectivity index (χ2v) is 5.98. The number of nitrogens with zero attached hydrogens (tertiary/aromatic N) is 1. The van der Waals surface area contributed by atoms with Crippen LogP contribution >= 0.6 is 0 Å². The van der Waals surface area contributed by atoms with E-state index in [-0.39, 0.29) is 0 Å². The average molecular weight is 219 g/mol. The summed E-state index contributed by atoms with van der Waals surface area (Å²) in [6.07, 6.45) is 1.52. The summed E-state index contributed by atoms with van der Waals surface area (Å²) in [6, 6.07) is 0. The van der Waals surface area contributed by atoms with E-state index in [1.54, 1.807) is 0 Å². The van der Waals surface area contributed by atoms with Crippen molar-refractivity contribution >= 4 is 16.3 Å². The lowest BCUT2D eigenvalue weighted by Gasteiger charge is -2.28. The van der Waals surface area contributed by atoms with Gasteiger partial charge in [0, 0.05) is 13.1 Å². The van der Waals surface area contributed by atoms with Crippen molar-refractivity contribution in [2.24, 2.45) is 0 Å². The summed E-state index contributed by atoms with van der Waals surface area (Å²) in [7, 11) is -3.42. The molecule has 5 nitrogen and oxygen atoms in total. The van der Waals surface area contributed by atoms with Gasteiger partial charge in [0.15, 0.2) is 0 Å². The number of sulfonamides is 1. The number of ether oxygens (including phenoxy) is 1. The molecule has 2 rings (SSSR count). The molecule has 0 radical (unpaired) electrons. The highest BCUT2D eigenvalue weighted by Crippen LogP contribution is 2.43. The number of aldehydes is 1. The van der Waals surface area contributed by atoms with Crippen molar-refractivity contribution in [3.05, 3.63) is 0 Å². The first-order valence-corrected chi connectivity index (χ1v) is 6.10. The van der Waals surface area contributed by atoms with Crippen LogP contribution in [-0.4, -0.2) is 50.1 Å². The van der Waals surface area contributed by atoms with Crippen LogP contribution in [0.3, 0.4) is 0 Å². The molecule has 2 aliphatic rings. The SMILES string of the molecule is O=CC1(S(=O)(=O)N2CCOCC2)CC1. The zero-order valence-electron chi connectivity index (χ0n) is 7.81. The van der Waals surface area contributed by atoms with Crippen LogP contribution in [0.25, 0.3) is 0 Å². The Bertz CT molecular complexity index is 327. The van der Waals surface area contributed by atoms with Crippen LogP contribution in [0.1, 0.15) is 12.8 Å². The molecule has 2 fully saturated rings. The fourth-order valence-electron chi connectivity index (χ4n) is 1.60. The molecule has 0 amide bonds. The van der Waals surface area contributed by atoms with E-state index in [0.717, 1.165) is 0 Å². The Morgan fingerprint density at radius 2 is 1.79 bits per heavy atom. The molecule has 1 saturated carbocycles. The maximum absolute atomic E-state index is 11.9. The molecule has 0 spiro atoms. The Morgan fingerprint density at radius 3 is 2.21 bits per heavy atom. The summed E-state index contributed by atoms with van der Waals surface area (Å²) in [5.74, 6) is 0. The predicted molar refractivity (Wildman–Crippen MR) is 49.3 cm³/mol. The van der Waals surface area contributed by atoms with E-state index in [2.05, 4.69) is 0 Å². The average Bonchev–Trinajstić information content (AvgIpc) is 3.00. The van der Waals surface area contributed by atoms with Crippen molar-refractivity contribution < 1.29 is 17.9 Å². The van der Waals surface area contributed by atoms with Crippen molar-refractivity contribution in [2.75, 3.05) is 26.3 Å². The maximum atomic E-state index is 11.9. The van der Waals surface area contributed by atoms with Gasteiger partial charge in [-0.15, -0.1) is 0 Å². The fourth-order valence-corrected chi connectivity index (χ4v) is 3.49. The number of rotatable bonds is 3. The van der Waals surface area contributed by atoms with E-state index in [9.17, 15) is 13.2 Å². The number of hydrogen-bond donors (Lipinski definition) is 0. The number of hydrogen-bond acceptors (Lipinski definition) is 4. The van der Waals surface area contributed by atoms with Gasteiger partial charge in [-0.2, -0.15) is 4.31 Å². The van der Waals surface area contributed by atoms with Crippen LogP contribution in [0.2, 0.25) is 0 Å². The molecule has 0 N–H and O–H groups in total. The molecule has 0 atom stereocenters. The summed E-state index contributed by atoms with van der Waals surface area (Å²) < 4.78 is 29.2. The van der Waals surface area contributed by atoms with Crippen LogP contribution in [0, 0.1) is 0 Å².